The molecule has 0 aliphatic heterocycles. The molecule has 29 heavy (non-hydrogen) atoms. The van der Waals surface area contributed by atoms with Gasteiger partial charge in [0.2, 0.25) is 5.78 Å². The SMILES string of the molecule is CCNC(C)(C)CCc1ccn2cc(-c3ccc(-n4nccn4)cc3O)nc2n1. The minimum Gasteiger partial charge on any atom is -0.507 e. The first-order valence-electron chi connectivity index (χ1n) is 9.75. The van der Waals surface area contributed by atoms with E-state index in [2.05, 4.69) is 41.3 Å². The molecule has 0 atom stereocenters. The van der Waals surface area contributed by atoms with Crippen LogP contribution in [0.3, 0.4) is 0 Å². The molecule has 0 aliphatic rings. The molecule has 0 spiro atoms. The summed E-state index contributed by atoms with van der Waals surface area (Å²) >= 11 is 0. The van der Waals surface area contributed by atoms with Gasteiger partial charge >= 0.3 is 0 Å². The molecule has 4 aromatic rings. The first kappa shape index (κ1) is 19.1. The highest BCUT2D eigenvalue weighted by atomic mass is 16.3. The molecule has 3 aromatic heterocycles. The second-order valence-corrected chi connectivity index (χ2v) is 7.69. The summed E-state index contributed by atoms with van der Waals surface area (Å²) < 4.78 is 1.87. The minimum absolute atomic E-state index is 0.0696. The van der Waals surface area contributed by atoms with Gasteiger partial charge in [0.1, 0.15) is 5.75 Å². The maximum absolute atomic E-state index is 10.5. The predicted molar refractivity (Wildman–Crippen MR) is 111 cm³/mol. The maximum atomic E-state index is 10.5. The van der Waals surface area contributed by atoms with Gasteiger partial charge in [0.15, 0.2) is 0 Å². The van der Waals surface area contributed by atoms with Crippen molar-refractivity contribution < 1.29 is 5.11 Å². The van der Waals surface area contributed by atoms with Crippen LogP contribution in [0.5, 0.6) is 5.75 Å². The summed E-state index contributed by atoms with van der Waals surface area (Å²) in [5.41, 5.74) is 3.06. The second kappa shape index (κ2) is 7.63. The molecule has 8 nitrogen and oxygen atoms in total. The van der Waals surface area contributed by atoms with Gasteiger partial charge in [0.25, 0.3) is 0 Å². The number of aromatic hydroxyl groups is 1. The van der Waals surface area contributed by atoms with Crippen molar-refractivity contribution in [2.75, 3.05) is 6.54 Å². The fourth-order valence-electron chi connectivity index (χ4n) is 3.39. The van der Waals surface area contributed by atoms with E-state index in [0.717, 1.165) is 25.1 Å². The molecule has 0 radical (unpaired) electrons. The first-order chi connectivity index (χ1) is 13.9. The maximum Gasteiger partial charge on any atom is 0.234 e. The second-order valence-electron chi connectivity index (χ2n) is 7.69. The molecular formula is C21H25N7O. The lowest BCUT2D eigenvalue weighted by Gasteiger charge is -2.25. The number of rotatable bonds is 7. The van der Waals surface area contributed by atoms with Crippen LogP contribution in [-0.4, -0.2) is 46.6 Å². The summed E-state index contributed by atoms with van der Waals surface area (Å²) in [6, 6.07) is 7.31. The van der Waals surface area contributed by atoms with E-state index in [-0.39, 0.29) is 11.3 Å². The summed E-state index contributed by atoms with van der Waals surface area (Å²) in [6.45, 7) is 7.47. The zero-order chi connectivity index (χ0) is 20.4. The third-order valence-corrected chi connectivity index (χ3v) is 4.95. The Labute approximate surface area is 169 Å². The number of aryl methyl sites for hydroxylation is 1. The van der Waals surface area contributed by atoms with Crippen molar-refractivity contribution in [3.63, 3.8) is 0 Å². The van der Waals surface area contributed by atoms with Crippen LogP contribution >= 0.6 is 0 Å². The van der Waals surface area contributed by atoms with Crippen LogP contribution in [0.25, 0.3) is 22.7 Å². The summed E-state index contributed by atoms with van der Waals surface area (Å²) in [4.78, 5) is 10.8. The lowest BCUT2D eigenvalue weighted by atomic mass is 9.97. The Morgan fingerprint density at radius 1 is 1.10 bits per heavy atom. The van der Waals surface area contributed by atoms with E-state index < -0.39 is 0 Å². The number of hydrogen-bond donors (Lipinski definition) is 2. The number of phenols is 1. The average Bonchev–Trinajstić information content (AvgIpc) is 3.35. The van der Waals surface area contributed by atoms with Crippen LogP contribution in [0.15, 0.2) is 49.1 Å². The number of nitrogens with zero attached hydrogens (tertiary/aromatic N) is 6. The van der Waals surface area contributed by atoms with Crippen molar-refractivity contribution in [3.8, 4) is 22.7 Å². The highest BCUT2D eigenvalue weighted by molar-refractivity contribution is 5.69. The molecule has 0 unspecified atom stereocenters. The zero-order valence-corrected chi connectivity index (χ0v) is 16.9. The van der Waals surface area contributed by atoms with Crippen LogP contribution in [0.4, 0.5) is 0 Å². The van der Waals surface area contributed by atoms with Crippen molar-refractivity contribution >= 4 is 5.78 Å². The highest BCUT2D eigenvalue weighted by Crippen LogP contribution is 2.30. The third kappa shape index (κ3) is 4.12. The number of aromatic nitrogens is 6. The number of fused-ring (bicyclic) bond motifs is 1. The van der Waals surface area contributed by atoms with Crippen molar-refractivity contribution in [1.82, 2.24) is 34.7 Å². The molecule has 150 valence electrons. The van der Waals surface area contributed by atoms with E-state index in [1.165, 1.54) is 4.80 Å². The molecular weight excluding hydrogens is 366 g/mol. The lowest BCUT2D eigenvalue weighted by Crippen LogP contribution is -2.39. The molecule has 0 aliphatic carbocycles. The van der Waals surface area contributed by atoms with Gasteiger partial charge in [-0.05, 0) is 51.4 Å². The normalized spacial score (nSPS) is 12.0. The van der Waals surface area contributed by atoms with Gasteiger partial charge in [-0.3, -0.25) is 4.40 Å². The first-order valence-corrected chi connectivity index (χ1v) is 9.75. The van der Waals surface area contributed by atoms with Crippen LogP contribution in [-0.2, 0) is 6.42 Å². The molecule has 1 aromatic carbocycles. The van der Waals surface area contributed by atoms with E-state index >= 15 is 0 Å². The third-order valence-electron chi connectivity index (χ3n) is 4.95. The summed E-state index contributed by atoms with van der Waals surface area (Å²) in [6.07, 6.45) is 8.88. The van der Waals surface area contributed by atoms with Crippen LogP contribution in [0, 0.1) is 0 Å². The van der Waals surface area contributed by atoms with E-state index in [0.29, 0.717) is 22.7 Å². The predicted octanol–water partition coefficient (Wildman–Crippen LogP) is 3.00. The smallest absolute Gasteiger partial charge is 0.234 e. The number of hydrogen-bond acceptors (Lipinski definition) is 6. The van der Waals surface area contributed by atoms with Crippen molar-refractivity contribution in [2.45, 2.75) is 39.2 Å². The Kier molecular flexibility index (Phi) is 5.02. The molecule has 3 heterocycles. The highest BCUT2D eigenvalue weighted by Gasteiger charge is 2.17. The molecule has 4 rings (SSSR count). The fourth-order valence-corrected chi connectivity index (χ4v) is 3.39. The van der Waals surface area contributed by atoms with E-state index in [9.17, 15) is 5.11 Å². The van der Waals surface area contributed by atoms with Crippen LogP contribution in [0.2, 0.25) is 0 Å². The monoisotopic (exact) mass is 391 g/mol. The zero-order valence-electron chi connectivity index (χ0n) is 16.9. The summed E-state index contributed by atoms with van der Waals surface area (Å²) in [7, 11) is 0. The van der Waals surface area contributed by atoms with Gasteiger partial charge in [-0.25, -0.2) is 9.97 Å². The van der Waals surface area contributed by atoms with Crippen molar-refractivity contribution in [2.24, 2.45) is 0 Å². The number of phenolic OH excluding ortho intramolecular Hbond substituents is 1. The van der Waals surface area contributed by atoms with Gasteiger partial charge in [-0.2, -0.15) is 15.0 Å². The van der Waals surface area contributed by atoms with E-state index in [1.807, 2.05) is 35.0 Å². The molecule has 2 N–H and O–H groups in total. The van der Waals surface area contributed by atoms with Gasteiger partial charge in [-0.1, -0.05) is 6.92 Å². The van der Waals surface area contributed by atoms with Gasteiger partial charge in [0, 0.05) is 35.3 Å². The van der Waals surface area contributed by atoms with E-state index in [4.69, 9.17) is 4.98 Å². The molecule has 0 fully saturated rings. The molecule has 0 bridgehead atoms. The Morgan fingerprint density at radius 3 is 2.62 bits per heavy atom. The van der Waals surface area contributed by atoms with Gasteiger partial charge < -0.3 is 10.4 Å². The molecule has 0 saturated heterocycles. The van der Waals surface area contributed by atoms with Crippen molar-refractivity contribution in [3.05, 3.63) is 54.7 Å². The lowest BCUT2D eigenvalue weighted by molar-refractivity contribution is 0.370. The number of benzene rings is 1. The number of nitrogens with one attached hydrogen (secondary N) is 1. The van der Waals surface area contributed by atoms with Crippen LogP contribution < -0.4 is 5.32 Å². The standard InChI is InChI=1S/C21H25N7O/c1-4-22-21(2,3)9-7-15-8-12-27-14-18(26-20(27)25-15)17-6-5-16(13-19(17)29)28-23-10-11-24-28/h5-6,8,10-14,22,29H,4,7,9H2,1-3H3. The largest absolute Gasteiger partial charge is 0.507 e. The summed E-state index contributed by atoms with van der Waals surface area (Å²) in [5.74, 6) is 0.742. The van der Waals surface area contributed by atoms with E-state index in [1.54, 1.807) is 18.5 Å². The Morgan fingerprint density at radius 2 is 1.90 bits per heavy atom. The average molecular weight is 391 g/mol. The minimum atomic E-state index is 0.0696. The number of imidazole rings is 1. The Balaban J connectivity index is 1.58. The Hall–Kier alpha value is -3.26. The van der Waals surface area contributed by atoms with Crippen LogP contribution in [0.1, 0.15) is 32.9 Å². The quantitative estimate of drug-likeness (QED) is 0.503. The molecule has 0 saturated carbocycles. The van der Waals surface area contributed by atoms with Gasteiger partial charge in [0.05, 0.1) is 23.8 Å². The fraction of sp³-hybridized carbons (Fsp3) is 0.333. The topological polar surface area (TPSA) is 93.2 Å². The molecule has 8 heteroatoms. The van der Waals surface area contributed by atoms with Crippen molar-refractivity contribution in [1.29, 1.82) is 0 Å². The van der Waals surface area contributed by atoms with Gasteiger partial charge in [-0.15, -0.1) is 0 Å². The Bertz CT molecular complexity index is 1120. The molecule has 0 amide bonds. The summed E-state index contributed by atoms with van der Waals surface area (Å²) in [5, 5.41) is 22.2.